The zero-order chi connectivity index (χ0) is 13.0. The molecule has 0 spiro atoms. The lowest BCUT2D eigenvalue weighted by Crippen LogP contribution is -2.35. The van der Waals surface area contributed by atoms with Gasteiger partial charge in [0.1, 0.15) is 5.82 Å². The molecule has 5 nitrogen and oxygen atoms in total. The van der Waals surface area contributed by atoms with Gasteiger partial charge in [0.05, 0.1) is 12.2 Å². The summed E-state index contributed by atoms with van der Waals surface area (Å²) >= 11 is 0. The van der Waals surface area contributed by atoms with Crippen molar-refractivity contribution < 1.29 is 0 Å². The Morgan fingerprint density at radius 1 is 1.12 bits per heavy atom. The third-order valence-corrected chi connectivity index (χ3v) is 2.20. The molecule has 5 heteroatoms. The number of hydrogen-bond acceptors (Lipinski definition) is 3. The Morgan fingerprint density at radius 2 is 1.71 bits per heavy atom. The van der Waals surface area contributed by atoms with Crippen LogP contribution in [0.3, 0.4) is 0 Å². The second-order valence-electron chi connectivity index (χ2n) is 4.45. The standard InChI is InChI=1S/C12H21N5/c1-9-7-11(15-10(2)14-9)8-13-12(16(3)4)17(5)6/h7H,8H2,1-6H3. The van der Waals surface area contributed by atoms with Gasteiger partial charge in [0.25, 0.3) is 0 Å². The van der Waals surface area contributed by atoms with Crippen LogP contribution in [-0.4, -0.2) is 53.9 Å². The van der Waals surface area contributed by atoms with Crippen LogP contribution in [0.5, 0.6) is 0 Å². The van der Waals surface area contributed by atoms with Crippen LogP contribution >= 0.6 is 0 Å². The van der Waals surface area contributed by atoms with Gasteiger partial charge < -0.3 is 9.80 Å². The Labute approximate surface area is 103 Å². The average Bonchev–Trinajstić information content (AvgIpc) is 2.14. The molecule has 0 N–H and O–H groups in total. The van der Waals surface area contributed by atoms with Crippen LogP contribution in [0.25, 0.3) is 0 Å². The summed E-state index contributed by atoms with van der Waals surface area (Å²) in [6.45, 7) is 4.45. The first-order valence-corrected chi connectivity index (χ1v) is 5.60. The number of guanidine groups is 1. The van der Waals surface area contributed by atoms with Crippen molar-refractivity contribution in [1.29, 1.82) is 0 Å². The fourth-order valence-corrected chi connectivity index (χ4v) is 1.71. The molecule has 0 aliphatic heterocycles. The van der Waals surface area contributed by atoms with E-state index in [-0.39, 0.29) is 0 Å². The van der Waals surface area contributed by atoms with Crippen LogP contribution in [0.4, 0.5) is 0 Å². The molecule has 0 aliphatic carbocycles. The maximum Gasteiger partial charge on any atom is 0.195 e. The summed E-state index contributed by atoms with van der Waals surface area (Å²) in [7, 11) is 7.93. The van der Waals surface area contributed by atoms with Crippen LogP contribution in [-0.2, 0) is 6.54 Å². The SMILES string of the molecule is Cc1cc(CN=C(N(C)C)N(C)C)nc(C)n1. The van der Waals surface area contributed by atoms with Gasteiger partial charge in [-0.05, 0) is 19.9 Å². The van der Waals surface area contributed by atoms with Gasteiger partial charge in [0.2, 0.25) is 0 Å². The van der Waals surface area contributed by atoms with Gasteiger partial charge in [-0.2, -0.15) is 0 Å². The Balaban J connectivity index is 2.87. The summed E-state index contributed by atoms with van der Waals surface area (Å²) in [4.78, 5) is 17.1. The Hall–Kier alpha value is -1.65. The van der Waals surface area contributed by atoms with E-state index < -0.39 is 0 Å². The van der Waals surface area contributed by atoms with Crippen molar-refractivity contribution in [3.63, 3.8) is 0 Å². The molecule has 94 valence electrons. The number of nitrogens with zero attached hydrogens (tertiary/aromatic N) is 5. The van der Waals surface area contributed by atoms with Crippen LogP contribution in [0.1, 0.15) is 17.2 Å². The predicted molar refractivity (Wildman–Crippen MR) is 70.0 cm³/mol. The van der Waals surface area contributed by atoms with E-state index in [4.69, 9.17) is 0 Å². The summed E-state index contributed by atoms with van der Waals surface area (Å²) in [5.41, 5.74) is 1.94. The smallest absolute Gasteiger partial charge is 0.195 e. The van der Waals surface area contributed by atoms with Crippen molar-refractivity contribution in [1.82, 2.24) is 19.8 Å². The highest BCUT2D eigenvalue weighted by Gasteiger charge is 2.04. The zero-order valence-electron chi connectivity index (χ0n) is 11.5. The van der Waals surface area contributed by atoms with Crippen LogP contribution in [0, 0.1) is 13.8 Å². The second-order valence-corrected chi connectivity index (χ2v) is 4.45. The molecule has 0 radical (unpaired) electrons. The Bertz CT molecular complexity index is 379. The summed E-state index contributed by atoms with van der Waals surface area (Å²) < 4.78 is 0. The number of aryl methyl sites for hydroxylation is 2. The van der Waals surface area contributed by atoms with E-state index in [2.05, 4.69) is 15.0 Å². The molecule has 0 unspecified atom stereocenters. The molecular formula is C12H21N5. The van der Waals surface area contributed by atoms with Crippen molar-refractivity contribution in [2.24, 2.45) is 4.99 Å². The average molecular weight is 235 g/mol. The molecule has 1 heterocycles. The molecule has 0 atom stereocenters. The van der Waals surface area contributed by atoms with Crippen molar-refractivity contribution in [3.05, 3.63) is 23.3 Å². The van der Waals surface area contributed by atoms with Gasteiger partial charge in [-0.1, -0.05) is 0 Å². The van der Waals surface area contributed by atoms with Gasteiger partial charge in [0.15, 0.2) is 5.96 Å². The van der Waals surface area contributed by atoms with E-state index in [0.29, 0.717) is 6.54 Å². The first kappa shape index (κ1) is 13.4. The number of hydrogen-bond donors (Lipinski definition) is 0. The van der Waals surface area contributed by atoms with Gasteiger partial charge in [-0.25, -0.2) is 15.0 Å². The maximum atomic E-state index is 4.55. The molecule has 17 heavy (non-hydrogen) atoms. The molecule has 0 fully saturated rings. The molecule has 0 amide bonds. The van der Waals surface area contributed by atoms with Gasteiger partial charge >= 0.3 is 0 Å². The minimum atomic E-state index is 0.579. The highest BCUT2D eigenvalue weighted by molar-refractivity contribution is 5.79. The lowest BCUT2D eigenvalue weighted by Gasteiger charge is -2.22. The fourth-order valence-electron chi connectivity index (χ4n) is 1.71. The maximum absolute atomic E-state index is 4.55. The molecule has 0 aliphatic rings. The Morgan fingerprint density at radius 3 is 2.18 bits per heavy atom. The molecule has 1 aromatic heterocycles. The lowest BCUT2D eigenvalue weighted by molar-refractivity contribution is 0.479. The normalized spacial score (nSPS) is 10.0. The van der Waals surface area contributed by atoms with Crippen LogP contribution < -0.4 is 0 Å². The van der Waals surface area contributed by atoms with Crippen molar-refractivity contribution in [3.8, 4) is 0 Å². The molecule has 0 aromatic carbocycles. The first-order chi connectivity index (χ1) is 7.90. The minimum absolute atomic E-state index is 0.579. The van der Waals surface area contributed by atoms with E-state index in [1.165, 1.54) is 0 Å². The van der Waals surface area contributed by atoms with E-state index >= 15 is 0 Å². The van der Waals surface area contributed by atoms with E-state index in [9.17, 15) is 0 Å². The van der Waals surface area contributed by atoms with Crippen molar-refractivity contribution in [2.45, 2.75) is 20.4 Å². The monoisotopic (exact) mass is 235 g/mol. The molecule has 0 bridgehead atoms. The molecule has 0 saturated carbocycles. The van der Waals surface area contributed by atoms with Crippen molar-refractivity contribution in [2.75, 3.05) is 28.2 Å². The second kappa shape index (κ2) is 5.61. The molecule has 0 saturated heterocycles. The van der Waals surface area contributed by atoms with Gasteiger partial charge in [-0.15, -0.1) is 0 Å². The first-order valence-electron chi connectivity index (χ1n) is 5.60. The topological polar surface area (TPSA) is 44.6 Å². The van der Waals surface area contributed by atoms with Crippen LogP contribution in [0.2, 0.25) is 0 Å². The van der Waals surface area contributed by atoms with E-state index in [0.717, 1.165) is 23.2 Å². The van der Waals surface area contributed by atoms with Gasteiger partial charge in [0, 0.05) is 33.9 Å². The van der Waals surface area contributed by atoms with E-state index in [1.54, 1.807) is 0 Å². The quantitative estimate of drug-likeness (QED) is 0.568. The predicted octanol–water partition coefficient (Wildman–Crippen LogP) is 1.07. The summed E-state index contributed by atoms with van der Waals surface area (Å²) in [6.07, 6.45) is 0. The minimum Gasteiger partial charge on any atom is -0.349 e. The molecule has 1 rings (SSSR count). The largest absolute Gasteiger partial charge is 0.349 e. The lowest BCUT2D eigenvalue weighted by atomic mass is 10.3. The molecular weight excluding hydrogens is 214 g/mol. The number of aliphatic imine (C=N–C) groups is 1. The van der Waals surface area contributed by atoms with E-state index in [1.807, 2.05) is 57.9 Å². The number of rotatable bonds is 2. The summed E-state index contributed by atoms with van der Waals surface area (Å²) in [5, 5.41) is 0. The highest BCUT2D eigenvalue weighted by atomic mass is 15.3. The summed E-state index contributed by atoms with van der Waals surface area (Å²) in [5.74, 6) is 1.73. The van der Waals surface area contributed by atoms with Crippen LogP contribution in [0.15, 0.2) is 11.1 Å². The number of aromatic nitrogens is 2. The third-order valence-electron chi connectivity index (χ3n) is 2.20. The van der Waals surface area contributed by atoms with Crippen molar-refractivity contribution >= 4 is 5.96 Å². The summed E-state index contributed by atoms with van der Waals surface area (Å²) in [6, 6.07) is 1.97. The third kappa shape index (κ3) is 4.01. The Kier molecular flexibility index (Phi) is 4.43. The zero-order valence-corrected chi connectivity index (χ0v) is 11.5. The highest BCUT2D eigenvalue weighted by Crippen LogP contribution is 2.02. The fraction of sp³-hybridized carbons (Fsp3) is 0.583. The molecule has 1 aromatic rings. The van der Waals surface area contributed by atoms with Gasteiger partial charge in [-0.3, -0.25) is 0 Å².